The van der Waals surface area contributed by atoms with Crippen molar-refractivity contribution in [2.45, 2.75) is 25.3 Å². The number of likely N-dealkylation sites (tertiary alicyclic amines) is 1. The van der Waals surface area contributed by atoms with E-state index in [4.69, 9.17) is 9.47 Å². The number of phenols is 1. The average molecular weight is 377 g/mol. The summed E-state index contributed by atoms with van der Waals surface area (Å²) in [5, 5.41) is 13.0. The summed E-state index contributed by atoms with van der Waals surface area (Å²) < 4.78 is 10.9. The molecule has 146 valence electrons. The Hall–Kier alpha value is -2.72. The zero-order chi connectivity index (χ0) is 19.5. The molecule has 0 radical (unpaired) electrons. The molecule has 0 bridgehead atoms. The summed E-state index contributed by atoms with van der Waals surface area (Å²) >= 11 is 0. The molecule has 1 fully saturated rings. The largest absolute Gasteiger partial charge is 0.507 e. The molecule has 4 heteroatoms. The molecule has 1 N–H and O–H groups in total. The third-order valence-corrected chi connectivity index (χ3v) is 5.70. The Morgan fingerprint density at radius 2 is 1.64 bits per heavy atom. The summed E-state index contributed by atoms with van der Waals surface area (Å²) in [5.74, 6) is 1.94. The van der Waals surface area contributed by atoms with E-state index in [9.17, 15) is 5.11 Å². The molecule has 0 unspecified atom stereocenters. The number of fused-ring (bicyclic) bond motifs is 1. The van der Waals surface area contributed by atoms with Gasteiger partial charge in [0.2, 0.25) is 0 Å². The van der Waals surface area contributed by atoms with Crippen LogP contribution in [0.25, 0.3) is 10.8 Å². The highest BCUT2D eigenvalue weighted by atomic mass is 16.5. The lowest BCUT2D eigenvalue weighted by Gasteiger charge is -2.35. The lowest BCUT2D eigenvalue weighted by Crippen LogP contribution is -2.34. The molecule has 4 nitrogen and oxygen atoms in total. The van der Waals surface area contributed by atoms with Crippen LogP contribution in [-0.4, -0.2) is 37.3 Å². The minimum absolute atomic E-state index is 0.00833. The van der Waals surface area contributed by atoms with Gasteiger partial charge >= 0.3 is 0 Å². The standard InChI is InChI=1S/C24H27NO3/c1-27-18-9-6-8-17(16-18)23(25-14-4-3-5-15-25)21-13-12-19-20(24(21)26)10-7-11-22(19)28-2/h6-13,16,23,26H,3-5,14-15H2,1-2H3/t23-/m1/s1. The molecule has 1 heterocycles. The van der Waals surface area contributed by atoms with E-state index in [0.717, 1.165) is 46.5 Å². The Kier molecular flexibility index (Phi) is 5.40. The molecule has 1 saturated heterocycles. The molecule has 3 aromatic carbocycles. The van der Waals surface area contributed by atoms with Crippen LogP contribution in [0.4, 0.5) is 0 Å². The van der Waals surface area contributed by atoms with Gasteiger partial charge in [0.15, 0.2) is 0 Å². The van der Waals surface area contributed by atoms with Crippen LogP contribution in [0.15, 0.2) is 54.6 Å². The van der Waals surface area contributed by atoms with E-state index in [2.05, 4.69) is 23.1 Å². The molecule has 1 aliphatic rings. The van der Waals surface area contributed by atoms with Gasteiger partial charge in [0.05, 0.1) is 20.3 Å². The minimum atomic E-state index is -0.00833. The summed E-state index contributed by atoms with van der Waals surface area (Å²) in [6.45, 7) is 2.05. The molecular formula is C24H27NO3. The lowest BCUT2D eigenvalue weighted by atomic mass is 9.92. The number of benzene rings is 3. The Balaban J connectivity index is 1.87. The van der Waals surface area contributed by atoms with Crippen molar-refractivity contribution in [1.29, 1.82) is 0 Å². The summed E-state index contributed by atoms with van der Waals surface area (Å²) in [5.41, 5.74) is 2.06. The van der Waals surface area contributed by atoms with Gasteiger partial charge < -0.3 is 14.6 Å². The predicted octanol–water partition coefficient (Wildman–Crippen LogP) is 5.14. The zero-order valence-electron chi connectivity index (χ0n) is 16.5. The number of hydrogen-bond acceptors (Lipinski definition) is 4. The number of methoxy groups -OCH3 is 2. The maximum absolute atomic E-state index is 11.2. The number of rotatable bonds is 5. The van der Waals surface area contributed by atoms with Crippen molar-refractivity contribution in [3.05, 3.63) is 65.7 Å². The summed E-state index contributed by atoms with van der Waals surface area (Å²) in [7, 11) is 3.35. The van der Waals surface area contributed by atoms with Crippen LogP contribution in [0, 0.1) is 0 Å². The van der Waals surface area contributed by atoms with Gasteiger partial charge in [0, 0.05) is 16.3 Å². The summed E-state index contributed by atoms with van der Waals surface area (Å²) in [4.78, 5) is 2.47. The Labute approximate surface area is 166 Å². The smallest absolute Gasteiger partial charge is 0.128 e. The minimum Gasteiger partial charge on any atom is -0.507 e. The first kappa shape index (κ1) is 18.6. The maximum atomic E-state index is 11.2. The van der Waals surface area contributed by atoms with E-state index in [0.29, 0.717) is 5.75 Å². The fraction of sp³-hybridized carbons (Fsp3) is 0.333. The van der Waals surface area contributed by atoms with Crippen molar-refractivity contribution >= 4 is 10.8 Å². The van der Waals surface area contributed by atoms with E-state index in [-0.39, 0.29) is 6.04 Å². The van der Waals surface area contributed by atoms with Crippen molar-refractivity contribution in [1.82, 2.24) is 4.90 Å². The topological polar surface area (TPSA) is 41.9 Å². The van der Waals surface area contributed by atoms with E-state index in [1.165, 1.54) is 19.3 Å². The lowest BCUT2D eigenvalue weighted by molar-refractivity contribution is 0.185. The number of nitrogens with zero attached hydrogens (tertiary/aromatic N) is 1. The van der Waals surface area contributed by atoms with Crippen LogP contribution in [0.5, 0.6) is 17.2 Å². The average Bonchev–Trinajstić information content (AvgIpc) is 2.76. The summed E-state index contributed by atoms with van der Waals surface area (Å²) in [6, 6.07) is 18.1. The first-order valence-corrected chi connectivity index (χ1v) is 9.89. The molecule has 0 aliphatic carbocycles. The van der Waals surface area contributed by atoms with Gasteiger partial charge in [-0.2, -0.15) is 0 Å². The first-order valence-electron chi connectivity index (χ1n) is 9.89. The predicted molar refractivity (Wildman–Crippen MR) is 112 cm³/mol. The fourth-order valence-electron chi connectivity index (χ4n) is 4.30. The van der Waals surface area contributed by atoms with Gasteiger partial charge in [0.1, 0.15) is 17.2 Å². The first-order chi connectivity index (χ1) is 13.7. The van der Waals surface area contributed by atoms with E-state index >= 15 is 0 Å². The molecular weight excluding hydrogens is 350 g/mol. The number of aromatic hydroxyl groups is 1. The molecule has 4 rings (SSSR count). The second-order valence-electron chi connectivity index (χ2n) is 7.33. The van der Waals surface area contributed by atoms with Gasteiger partial charge in [-0.3, -0.25) is 4.90 Å². The van der Waals surface area contributed by atoms with Gasteiger partial charge in [-0.1, -0.05) is 42.8 Å². The van der Waals surface area contributed by atoms with Crippen LogP contribution < -0.4 is 9.47 Å². The zero-order valence-corrected chi connectivity index (χ0v) is 16.5. The van der Waals surface area contributed by atoms with Gasteiger partial charge in [-0.25, -0.2) is 0 Å². The van der Waals surface area contributed by atoms with Crippen LogP contribution in [0.2, 0.25) is 0 Å². The molecule has 0 aromatic heterocycles. The van der Waals surface area contributed by atoms with E-state index in [1.807, 2.05) is 36.4 Å². The van der Waals surface area contributed by atoms with Crippen molar-refractivity contribution in [2.24, 2.45) is 0 Å². The van der Waals surface area contributed by atoms with Crippen LogP contribution in [-0.2, 0) is 0 Å². The normalized spacial score (nSPS) is 16.1. The van der Waals surface area contributed by atoms with Crippen LogP contribution >= 0.6 is 0 Å². The SMILES string of the molecule is COc1cccc([C@H](c2ccc3c(OC)cccc3c2O)N2CCCCC2)c1. The Bertz CT molecular complexity index is 963. The summed E-state index contributed by atoms with van der Waals surface area (Å²) in [6.07, 6.45) is 3.63. The van der Waals surface area contributed by atoms with Crippen molar-refractivity contribution in [3.63, 3.8) is 0 Å². The molecule has 0 saturated carbocycles. The number of hydrogen-bond donors (Lipinski definition) is 1. The highest BCUT2D eigenvalue weighted by molar-refractivity contribution is 5.94. The number of piperidine rings is 1. The van der Waals surface area contributed by atoms with Crippen molar-refractivity contribution < 1.29 is 14.6 Å². The fourth-order valence-corrected chi connectivity index (χ4v) is 4.30. The third kappa shape index (κ3) is 3.40. The molecule has 1 aliphatic heterocycles. The van der Waals surface area contributed by atoms with Gasteiger partial charge in [-0.15, -0.1) is 0 Å². The molecule has 0 amide bonds. The highest BCUT2D eigenvalue weighted by Crippen LogP contribution is 2.42. The molecule has 1 atom stereocenters. The third-order valence-electron chi connectivity index (χ3n) is 5.70. The van der Waals surface area contributed by atoms with E-state index < -0.39 is 0 Å². The maximum Gasteiger partial charge on any atom is 0.128 e. The van der Waals surface area contributed by atoms with Crippen LogP contribution in [0.3, 0.4) is 0 Å². The van der Waals surface area contributed by atoms with Crippen molar-refractivity contribution in [2.75, 3.05) is 27.3 Å². The van der Waals surface area contributed by atoms with Gasteiger partial charge in [0.25, 0.3) is 0 Å². The quantitative estimate of drug-likeness (QED) is 0.669. The molecule has 0 spiro atoms. The number of phenolic OH excluding ortho intramolecular Hbond substituents is 1. The Morgan fingerprint density at radius 1 is 0.857 bits per heavy atom. The second-order valence-corrected chi connectivity index (χ2v) is 7.33. The van der Waals surface area contributed by atoms with Crippen molar-refractivity contribution in [3.8, 4) is 17.2 Å². The second kappa shape index (κ2) is 8.11. The Morgan fingerprint density at radius 3 is 2.39 bits per heavy atom. The van der Waals surface area contributed by atoms with Gasteiger partial charge in [-0.05, 0) is 49.7 Å². The molecule has 28 heavy (non-hydrogen) atoms. The van der Waals surface area contributed by atoms with E-state index in [1.54, 1.807) is 14.2 Å². The monoisotopic (exact) mass is 377 g/mol. The molecule has 3 aromatic rings. The van der Waals surface area contributed by atoms with Crippen LogP contribution in [0.1, 0.15) is 36.4 Å². The highest BCUT2D eigenvalue weighted by Gasteiger charge is 2.27. The number of ether oxygens (including phenoxy) is 2.